The topological polar surface area (TPSA) is 101 Å². The fourth-order valence-corrected chi connectivity index (χ4v) is 5.09. The first-order chi connectivity index (χ1) is 14.2. The Morgan fingerprint density at radius 3 is 2.43 bits per heavy atom. The molecule has 0 saturated carbocycles. The van der Waals surface area contributed by atoms with E-state index in [-0.39, 0.29) is 16.5 Å². The van der Waals surface area contributed by atoms with E-state index in [1.165, 1.54) is 21.1 Å². The Morgan fingerprint density at radius 1 is 1.07 bits per heavy atom. The molecule has 2 amide bonds. The maximum Gasteiger partial charge on any atom is 0.272 e. The molecule has 1 aromatic heterocycles. The number of aromatic nitrogens is 1. The second-order valence-corrected chi connectivity index (χ2v) is 9.42. The molecule has 0 spiro atoms. The third-order valence-electron chi connectivity index (χ3n) is 5.25. The molecule has 2 heterocycles. The van der Waals surface area contributed by atoms with Crippen LogP contribution in [0, 0.1) is 6.92 Å². The third kappa shape index (κ3) is 4.57. The molecule has 30 heavy (non-hydrogen) atoms. The van der Waals surface area contributed by atoms with Crippen molar-refractivity contribution >= 4 is 27.5 Å². The number of rotatable bonds is 6. The SMILES string of the molecule is CCNC(=O)c1ccc(C)c(NC(=O)c2cc(S(=O)(=O)N3CCCCC3)cn2C)c1. The first-order valence-corrected chi connectivity index (χ1v) is 11.5. The minimum atomic E-state index is -3.62. The average Bonchev–Trinajstić information content (AvgIpc) is 3.13. The molecular weight excluding hydrogens is 404 g/mol. The summed E-state index contributed by atoms with van der Waals surface area (Å²) >= 11 is 0. The van der Waals surface area contributed by atoms with Crippen LogP contribution in [0.25, 0.3) is 0 Å². The number of hydrogen-bond donors (Lipinski definition) is 2. The lowest BCUT2D eigenvalue weighted by Gasteiger charge is -2.25. The molecule has 0 bridgehead atoms. The molecule has 1 saturated heterocycles. The van der Waals surface area contributed by atoms with Gasteiger partial charge < -0.3 is 15.2 Å². The van der Waals surface area contributed by atoms with Crippen molar-refractivity contribution < 1.29 is 18.0 Å². The lowest BCUT2D eigenvalue weighted by atomic mass is 10.1. The molecule has 2 aromatic rings. The van der Waals surface area contributed by atoms with E-state index in [0.29, 0.717) is 30.9 Å². The predicted octanol–water partition coefficient (Wildman–Crippen LogP) is 2.51. The number of benzene rings is 1. The number of amides is 2. The van der Waals surface area contributed by atoms with Gasteiger partial charge in [0.25, 0.3) is 11.8 Å². The molecule has 0 radical (unpaired) electrons. The van der Waals surface area contributed by atoms with Gasteiger partial charge in [0, 0.05) is 44.1 Å². The van der Waals surface area contributed by atoms with E-state index in [4.69, 9.17) is 0 Å². The highest BCUT2D eigenvalue weighted by Crippen LogP contribution is 2.23. The minimum absolute atomic E-state index is 0.116. The van der Waals surface area contributed by atoms with E-state index in [1.54, 1.807) is 25.2 Å². The molecule has 0 aliphatic carbocycles. The molecule has 8 nitrogen and oxygen atoms in total. The van der Waals surface area contributed by atoms with Crippen LogP contribution in [0.2, 0.25) is 0 Å². The molecule has 9 heteroatoms. The Labute approximate surface area is 177 Å². The fourth-order valence-electron chi connectivity index (χ4n) is 3.50. The molecular formula is C21H28N4O4S. The van der Waals surface area contributed by atoms with Crippen molar-refractivity contribution in [1.29, 1.82) is 0 Å². The van der Waals surface area contributed by atoms with Gasteiger partial charge in [-0.1, -0.05) is 12.5 Å². The Hall–Kier alpha value is -2.65. The van der Waals surface area contributed by atoms with Crippen LogP contribution in [0.5, 0.6) is 0 Å². The van der Waals surface area contributed by atoms with Gasteiger partial charge in [0.05, 0.1) is 0 Å². The van der Waals surface area contributed by atoms with Gasteiger partial charge in [0.15, 0.2) is 0 Å². The predicted molar refractivity (Wildman–Crippen MR) is 115 cm³/mol. The van der Waals surface area contributed by atoms with E-state index >= 15 is 0 Å². The maximum absolute atomic E-state index is 12.9. The number of carbonyl (C=O) groups excluding carboxylic acids is 2. The van der Waals surface area contributed by atoms with Gasteiger partial charge in [-0.3, -0.25) is 9.59 Å². The lowest BCUT2D eigenvalue weighted by Crippen LogP contribution is -2.35. The Bertz CT molecular complexity index is 1050. The second-order valence-electron chi connectivity index (χ2n) is 7.48. The highest BCUT2D eigenvalue weighted by molar-refractivity contribution is 7.89. The van der Waals surface area contributed by atoms with Crippen LogP contribution in [-0.2, 0) is 17.1 Å². The monoisotopic (exact) mass is 432 g/mol. The number of aryl methyl sites for hydroxylation is 2. The zero-order chi connectivity index (χ0) is 21.9. The standard InChI is InChI=1S/C21H28N4O4S/c1-4-22-20(26)16-9-8-15(2)18(12-16)23-21(27)19-13-17(14-24(19)3)30(28,29)25-10-6-5-7-11-25/h8-9,12-14H,4-7,10-11H2,1-3H3,(H,22,26)(H,23,27). The molecule has 1 aromatic carbocycles. The molecule has 2 N–H and O–H groups in total. The van der Waals surface area contributed by atoms with Crippen LogP contribution in [0.4, 0.5) is 5.69 Å². The first kappa shape index (κ1) is 22.0. The van der Waals surface area contributed by atoms with Crippen molar-refractivity contribution in [3.8, 4) is 0 Å². The highest BCUT2D eigenvalue weighted by Gasteiger charge is 2.28. The van der Waals surface area contributed by atoms with Gasteiger partial charge in [-0.2, -0.15) is 4.31 Å². The normalized spacial score (nSPS) is 15.0. The van der Waals surface area contributed by atoms with Crippen LogP contribution in [0.3, 0.4) is 0 Å². The highest BCUT2D eigenvalue weighted by atomic mass is 32.2. The summed E-state index contributed by atoms with van der Waals surface area (Å²) < 4.78 is 28.8. The lowest BCUT2D eigenvalue weighted by molar-refractivity contribution is 0.0954. The number of nitrogens with zero attached hydrogens (tertiary/aromatic N) is 2. The molecule has 1 fully saturated rings. The fraction of sp³-hybridized carbons (Fsp3) is 0.429. The number of sulfonamides is 1. The summed E-state index contributed by atoms with van der Waals surface area (Å²) in [5.41, 5.74) is 1.98. The summed E-state index contributed by atoms with van der Waals surface area (Å²) in [5.74, 6) is -0.657. The number of anilines is 1. The van der Waals surface area contributed by atoms with Gasteiger partial charge in [0.2, 0.25) is 10.0 Å². The van der Waals surface area contributed by atoms with Crippen LogP contribution in [0.1, 0.15) is 52.6 Å². The second kappa shape index (κ2) is 9.01. The van der Waals surface area contributed by atoms with Gasteiger partial charge in [-0.05, 0) is 50.5 Å². The third-order valence-corrected chi connectivity index (χ3v) is 7.11. The van der Waals surface area contributed by atoms with E-state index in [0.717, 1.165) is 24.8 Å². The van der Waals surface area contributed by atoms with Gasteiger partial charge >= 0.3 is 0 Å². The van der Waals surface area contributed by atoms with Crippen molar-refractivity contribution in [2.45, 2.75) is 38.0 Å². The summed E-state index contributed by atoms with van der Waals surface area (Å²) in [5, 5.41) is 5.53. The summed E-state index contributed by atoms with van der Waals surface area (Å²) in [7, 11) is -1.98. The van der Waals surface area contributed by atoms with Crippen molar-refractivity contribution in [3.63, 3.8) is 0 Å². The smallest absolute Gasteiger partial charge is 0.272 e. The van der Waals surface area contributed by atoms with Gasteiger partial charge in [-0.25, -0.2) is 8.42 Å². The van der Waals surface area contributed by atoms with Crippen LogP contribution < -0.4 is 10.6 Å². The Balaban J connectivity index is 1.83. The molecule has 0 unspecified atom stereocenters. The minimum Gasteiger partial charge on any atom is -0.352 e. The molecule has 0 atom stereocenters. The number of hydrogen-bond acceptors (Lipinski definition) is 4. The van der Waals surface area contributed by atoms with E-state index in [1.807, 2.05) is 13.8 Å². The summed E-state index contributed by atoms with van der Waals surface area (Å²) in [6.07, 6.45) is 4.20. The van der Waals surface area contributed by atoms with Crippen molar-refractivity contribution in [3.05, 3.63) is 47.3 Å². The van der Waals surface area contributed by atoms with Crippen molar-refractivity contribution in [1.82, 2.24) is 14.2 Å². The maximum atomic E-state index is 12.9. The van der Waals surface area contributed by atoms with Gasteiger partial charge in [-0.15, -0.1) is 0 Å². The Kier molecular flexibility index (Phi) is 6.62. The van der Waals surface area contributed by atoms with Crippen LogP contribution in [-0.4, -0.2) is 48.7 Å². The average molecular weight is 433 g/mol. The zero-order valence-electron chi connectivity index (χ0n) is 17.6. The van der Waals surface area contributed by atoms with E-state index in [9.17, 15) is 18.0 Å². The summed E-state index contributed by atoms with van der Waals surface area (Å²) in [6, 6.07) is 6.48. The number of nitrogens with one attached hydrogen (secondary N) is 2. The molecule has 162 valence electrons. The van der Waals surface area contributed by atoms with E-state index in [2.05, 4.69) is 10.6 Å². The molecule has 1 aliphatic rings. The van der Waals surface area contributed by atoms with Crippen LogP contribution in [0.15, 0.2) is 35.4 Å². The Morgan fingerprint density at radius 2 is 1.77 bits per heavy atom. The van der Waals surface area contributed by atoms with Gasteiger partial charge in [0.1, 0.15) is 10.6 Å². The quantitative estimate of drug-likeness (QED) is 0.732. The van der Waals surface area contributed by atoms with Crippen molar-refractivity contribution in [2.24, 2.45) is 7.05 Å². The largest absolute Gasteiger partial charge is 0.352 e. The van der Waals surface area contributed by atoms with Crippen molar-refractivity contribution in [2.75, 3.05) is 25.0 Å². The number of carbonyl (C=O) groups is 2. The van der Waals surface area contributed by atoms with Crippen LogP contribution >= 0.6 is 0 Å². The number of piperidine rings is 1. The summed E-state index contributed by atoms with van der Waals surface area (Å²) in [6.45, 7) is 5.18. The first-order valence-electron chi connectivity index (χ1n) is 10.1. The molecule has 3 rings (SSSR count). The summed E-state index contributed by atoms with van der Waals surface area (Å²) in [4.78, 5) is 25.1. The molecule has 1 aliphatic heterocycles. The zero-order valence-corrected chi connectivity index (χ0v) is 18.4. The van der Waals surface area contributed by atoms with E-state index < -0.39 is 15.9 Å².